The van der Waals surface area contributed by atoms with Crippen molar-refractivity contribution in [1.82, 2.24) is 0 Å². The fourth-order valence-electron chi connectivity index (χ4n) is 1.76. The molecular weight excluding hydrogens is 204 g/mol. The Kier molecular flexibility index (Phi) is 4.91. The molecule has 0 radical (unpaired) electrons. The van der Waals surface area contributed by atoms with Gasteiger partial charge in [-0.05, 0) is 0 Å². The summed E-state index contributed by atoms with van der Waals surface area (Å²) in [5.41, 5.74) is 0. The zero-order chi connectivity index (χ0) is 11.4. The maximum absolute atomic E-state index is 9.60. The van der Waals surface area contributed by atoms with E-state index < -0.39 is 30.7 Å². The fourth-order valence-corrected chi connectivity index (χ4v) is 1.76. The molecule has 5 atom stereocenters. The van der Waals surface area contributed by atoms with E-state index in [0.29, 0.717) is 0 Å². The Hall–Kier alpha value is -0.240. The maximum Gasteiger partial charge on any atom is 0.184 e. The fraction of sp³-hybridized carbons (Fsp3) is 1.00. The number of aliphatic hydroxyl groups is 2. The van der Waals surface area contributed by atoms with Crippen LogP contribution in [0.2, 0.25) is 0 Å². The smallest absolute Gasteiger partial charge is 0.184 e. The van der Waals surface area contributed by atoms with Crippen molar-refractivity contribution in [2.24, 2.45) is 0 Å². The highest BCUT2D eigenvalue weighted by Crippen LogP contribution is 2.24. The van der Waals surface area contributed by atoms with E-state index in [1.54, 1.807) is 0 Å². The maximum atomic E-state index is 9.60. The monoisotopic (exact) mass is 222 g/mol. The summed E-state index contributed by atoms with van der Waals surface area (Å²) in [5.74, 6) is 0. The Bertz CT molecular complexity index is 187. The highest BCUT2D eigenvalue weighted by atomic mass is 16.7. The lowest BCUT2D eigenvalue weighted by molar-refractivity contribution is -0.295. The van der Waals surface area contributed by atoms with Gasteiger partial charge >= 0.3 is 0 Å². The third kappa shape index (κ3) is 2.66. The molecule has 1 saturated heterocycles. The number of methoxy groups -OCH3 is 3. The van der Waals surface area contributed by atoms with E-state index in [-0.39, 0.29) is 6.61 Å². The first-order chi connectivity index (χ1) is 7.15. The van der Waals surface area contributed by atoms with Gasteiger partial charge in [0.15, 0.2) is 6.29 Å². The van der Waals surface area contributed by atoms with Gasteiger partial charge in [-0.3, -0.25) is 0 Å². The van der Waals surface area contributed by atoms with Crippen LogP contribution in [0.5, 0.6) is 0 Å². The van der Waals surface area contributed by atoms with Crippen LogP contribution in [0.15, 0.2) is 0 Å². The van der Waals surface area contributed by atoms with Gasteiger partial charge < -0.3 is 29.2 Å². The number of ether oxygens (including phenoxy) is 4. The van der Waals surface area contributed by atoms with Crippen LogP contribution in [0.1, 0.15) is 0 Å². The molecule has 1 fully saturated rings. The molecule has 0 spiro atoms. The molecule has 0 bridgehead atoms. The minimum atomic E-state index is -1.28. The summed E-state index contributed by atoms with van der Waals surface area (Å²) in [6.07, 6.45) is -3.94. The molecule has 15 heavy (non-hydrogen) atoms. The van der Waals surface area contributed by atoms with Crippen molar-refractivity contribution in [1.29, 1.82) is 0 Å². The Labute approximate surface area is 88.7 Å². The van der Waals surface area contributed by atoms with Gasteiger partial charge in [0.2, 0.25) is 0 Å². The normalized spacial score (nSPS) is 41.8. The Morgan fingerprint density at radius 2 is 1.67 bits per heavy atom. The summed E-state index contributed by atoms with van der Waals surface area (Å²) < 4.78 is 20.3. The van der Waals surface area contributed by atoms with Crippen LogP contribution in [-0.4, -0.2) is 68.9 Å². The topological polar surface area (TPSA) is 77.4 Å². The molecule has 0 aromatic heterocycles. The van der Waals surface area contributed by atoms with E-state index in [9.17, 15) is 10.2 Å². The standard InChI is InChI=1S/C9H18O6/c1-12-4-5-7(13-2)8(14-3)6(10)9(11)15-5/h5-11H,4H2,1-3H3/t5-,6-,7+,8+,9?/m0/s1. The lowest BCUT2D eigenvalue weighted by Crippen LogP contribution is -2.59. The third-order valence-electron chi connectivity index (χ3n) is 2.51. The minimum Gasteiger partial charge on any atom is -0.385 e. The first-order valence-electron chi connectivity index (χ1n) is 4.71. The zero-order valence-corrected chi connectivity index (χ0v) is 9.12. The second-order valence-electron chi connectivity index (χ2n) is 3.41. The molecule has 1 rings (SSSR count). The summed E-state index contributed by atoms with van der Waals surface area (Å²) in [7, 11) is 4.46. The second kappa shape index (κ2) is 5.74. The van der Waals surface area contributed by atoms with Crippen LogP contribution >= 0.6 is 0 Å². The van der Waals surface area contributed by atoms with Gasteiger partial charge in [-0.15, -0.1) is 0 Å². The summed E-state index contributed by atoms with van der Waals surface area (Å²) in [6.45, 7) is 0.266. The predicted molar refractivity (Wildman–Crippen MR) is 50.4 cm³/mol. The Balaban J connectivity index is 2.73. The predicted octanol–water partition coefficient (Wildman–Crippen LogP) is -1.26. The first kappa shape index (κ1) is 12.8. The van der Waals surface area contributed by atoms with E-state index in [0.717, 1.165) is 0 Å². The van der Waals surface area contributed by atoms with Crippen molar-refractivity contribution in [3.63, 3.8) is 0 Å². The average molecular weight is 222 g/mol. The number of rotatable bonds is 4. The summed E-state index contributed by atoms with van der Waals surface area (Å²) >= 11 is 0. The van der Waals surface area contributed by atoms with Crippen LogP contribution in [0.3, 0.4) is 0 Å². The summed E-state index contributed by atoms with van der Waals surface area (Å²) in [6, 6.07) is 0. The van der Waals surface area contributed by atoms with Crippen LogP contribution < -0.4 is 0 Å². The first-order valence-corrected chi connectivity index (χ1v) is 4.71. The van der Waals surface area contributed by atoms with E-state index in [1.165, 1.54) is 21.3 Å². The summed E-state index contributed by atoms with van der Waals surface area (Å²) in [4.78, 5) is 0. The van der Waals surface area contributed by atoms with Crippen LogP contribution in [0.25, 0.3) is 0 Å². The molecular formula is C9H18O6. The van der Waals surface area contributed by atoms with E-state index >= 15 is 0 Å². The molecule has 1 aliphatic heterocycles. The molecule has 0 saturated carbocycles. The Morgan fingerprint density at radius 3 is 2.13 bits per heavy atom. The van der Waals surface area contributed by atoms with E-state index in [4.69, 9.17) is 18.9 Å². The van der Waals surface area contributed by atoms with Crippen LogP contribution in [0, 0.1) is 0 Å². The molecule has 1 unspecified atom stereocenters. The Morgan fingerprint density at radius 1 is 1.07 bits per heavy atom. The van der Waals surface area contributed by atoms with Crippen molar-refractivity contribution in [2.75, 3.05) is 27.9 Å². The molecule has 0 aliphatic carbocycles. The summed E-state index contributed by atoms with van der Waals surface area (Å²) in [5, 5.41) is 19.0. The zero-order valence-electron chi connectivity index (χ0n) is 9.12. The van der Waals surface area contributed by atoms with Gasteiger partial charge in [0.1, 0.15) is 24.4 Å². The number of hydrogen-bond acceptors (Lipinski definition) is 6. The molecule has 2 N–H and O–H groups in total. The lowest BCUT2D eigenvalue weighted by Gasteiger charge is -2.41. The van der Waals surface area contributed by atoms with Gasteiger partial charge in [0.25, 0.3) is 0 Å². The molecule has 0 amide bonds. The molecule has 6 heteroatoms. The second-order valence-corrected chi connectivity index (χ2v) is 3.41. The SMILES string of the molecule is COC[C@@H]1OC(O)[C@@H](O)[C@@H](OC)[C@@H]1OC. The van der Waals surface area contributed by atoms with Gasteiger partial charge in [0.05, 0.1) is 6.61 Å². The number of hydrogen-bond donors (Lipinski definition) is 2. The van der Waals surface area contributed by atoms with Crippen molar-refractivity contribution in [2.45, 2.75) is 30.7 Å². The third-order valence-corrected chi connectivity index (χ3v) is 2.51. The molecule has 0 aromatic rings. The lowest BCUT2D eigenvalue weighted by atomic mass is 9.99. The molecule has 1 aliphatic rings. The highest BCUT2D eigenvalue weighted by Gasteiger charge is 2.45. The molecule has 0 aromatic carbocycles. The van der Waals surface area contributed by atoms with Crippen molar-refractivity contribution >= 4 is 0 Å². The van der Waals surface area contributed by atoms with Gasteiger partial charge in [-0.25, -0.2) is 0 Å². The van der Waals surface area contributed by atoms with Crippen molar-refractivity contribution < 1.29 is 29.2 Å². The van der Waals surface area contributed by atoms with Gasteiger partial charge in [-0.1, -0.05) is 0 Å². The highest BCUT2D eigenvalue weighted by molar-refractivity contribution is 4.90. The van der Waals surface area contributed by atoms with Gasteiger partial charge in [-0.2, -0.15) is 0 Å². The van der Waals surface area contributed by atoms with Crippen molar-refractivity contribution in [3.05, 3.63) is 0 Å². The largest absolute Gasteiger partial charge is 0.385 e. The van der Waals surface area contributed by atoms with Crippen LogP contribution in [-0.2, 0) is 18.9 Å². The quantitative estimate of drug-likeness (QED) is 0.618. The molecule has 90 valence electrons. The number of aliphatic hydroxyl groups excluding tert-OH is 2. The average Bonchev–Trinajstić information content (AvgIpc) is 2.23. The van der Waals surface area contributed by atoms with Gasteiger partial charge in [0, 0.05) is 21.3 Å². The molecule has 6 nitrogen and oxygen atoms in total. The van der Waals surface area contributed by atoms with E-state index in [2.05, 4.69) is 0 Å². The van der Waals surface area contributed by atoms with Crippen molar-refractivity contribution in [3.8, 4) is 0 Å². The molecule has 1 heterocycles. The van der Waals surface area contributed by atoms with E-state index in [1.807, 2.05) is 0 Å². The minimum absolute atomic E-state index is 0.266. The van der Waals surface area contributed by atoms with Crippen LogP contribution in [0.4, 0.5) is 0 Å².